The Morgan fingerprint density at radius 1 is 1.19 bits per heavy atom. The van der Waals surface area contributed by atoms with Gasteiger partial charge in [-0.25, -0.2) is 4.68 Å². The van der Waals surface area contributed by atoms with Gasteiger partial charge >= 0.3 is 0 Å². The number of nitrogens with one attached hydrogen (secondary N) is 1. The Bertz CT molecular complexity index is 844. The van der Waals surface area contributed by atoms with E-state index in [1.165, 1.54) is 0 Å². The van der Waals surface area contributed by atoms with Crippen LogP contribution in [0.5, 0.6) is 0 Å². The highest BCUT2D eigenvalue weighted by Crippen LogP contribution is 2.20. The van der Waals surface area contributed by atoms with E-state index in [-0.39, 0.29) is 11.9 Å². The van der Waals surface area contributed by atoms with Gasteiger partial charge in [0.25, 0.3) is 0 Å². The number of likely N-dealkylation sites (tertiary alicyclic amines) is 1. The second-order valence-corrected chi connectivity index (χ2v) is 6.38. The minimum absolute atomic E-state index is 0.0453. The third-order valence-electron chi connectivity index (χ3n) is 4.66. The van der Waals surface area contributed by atoms with Crippen LogP contribution in [-0.4, -0.2) is 54.5 Å². The number of benzene rings is 1. The lowest BCUT2D eigenvalue weighted by Crippen LogP contribution is -2.41. The molecule has 1 N–H and O–H groups in total. The summed E-state index contributed by atoms with van der Waals surface area (Å²) >= 11 is 0. The maximum Gasteiger partial charge on any atom is 0.241 e. The van der Waals surface area contributed by atoms with Crippen molar-refractivity contribution < 1.29 is 4.79 Å². The Labute approximate surface area is 151 Å². The molecule has 8 heteroatoms. The Morgan fingerprint density at radius 2 is 2.08 bits per heavy atom. The maximum atomic E-state index is 12.8. The Hall–Kier alpha value is -3.00. The van der Waals surface area contributed by atoms with Crippen molar-refractivity contribution in [3.8, 4) is 5.69 Å². The summed E-state index contributed by atoms with van der Waals surface area (Å²) in [5.74, 6) is 0.0453. The number of hydrogen-bond acceptors (Lipinski definition) is 5. The van der Waals surface area contributed by atoms with E-state index in [2.05, 4.69) is 25.5 Å². The molecule has 1 aliphatic rings. The molecule has 0 aliphatic carbocycles. The van der Waals surface area contributed by atoms with Crippen LogP contribution in [-0.2, 0) is 11.3 Å². The molecule has 134 valence electrons. The van der Waals surface area contributed by atoms with Crippen LogP contribution in [0.25, 0.3) is 5.69 Å². The average molecular weight is 351 g/mol. The molecule has 3 aromatic rings. The quantitative estimate of drug-likeness (QED) is 0.729. The lowest BCUT2D eigenvalue weighted by molar-refractivity contribution is -0.120. The molecule has 2 aromatic heterocycles. The van der Waals surface area contributed by atoms with E-state index >= 15 is 0 Å². The largest absolute Gasteiger partial charge is 0.325 e. The fraction of sp³-hybridized carbons (Fsp3) is 0.333. The zero-order valence-electron chi connectivity index (χ0n) is 14.4. The summed E-state index contributed by atoms with van der Waals surface area (Å²) in [6.07, 6.45) is 8.93. The smallest absolute Gasteiger partial charge is 0.241 e. The third kappa shape index (κ3) is 3.65. The van der Waals surface area contributed by atoms with Crippen molar-refractivity contribution >= 4 is 11.6 Å². The first-order valence-electron chi connectivity index (χ1n) is 8.77. The first-order valence-corrected chi connectivity index (χ1v) is 8.77. The summed E-state index contributed by atoms with van der Waals surface area (Å²) in [4.78, 5) is 15.0. The standard InChI is InChI=1S/C18H21N7O/c26-18(17-6-2-8-24(17)11-10-23-13-19-20-14-23)22-15-4-1-5-16(12-15)25-9-3-7-21-25/h1,3-5,7,9,12-14,17H,2,6,8,10-11H2,(H,22,26)/t17-/m0/s1. The van der Waals surface area contributed by atoms with Gasteiger partial charge in [-0.1, -0.05) is 6.07 Å². The van der Waals surface area contributed by atoms with Crippen molar-refractivity contribution in [1.82, 2.24) is 29.4 Å². The van der Waals surface area contributed by atoms with E-state index in [1.807, 2.05) is 41.1 Å². The number of carbonyl (C=O) groups excluding carboxylic acids is 1. The van der Waals surface area contributed by atoms with Gasteiger partial charge in [-0.3, -0.25) is 9.69 Å². The summed E-state index contributed by atoms with van der Waals surface area (Å²) in [5, 5.41) is 14.9. The monoisotopic (exact) mass is 351 g/mol. The number of amides is 1. The van der Waals surface area contributed by atoms with Crippen LogP contribution in [0.2, 0.25) is 0 Å². The number of hydrogen-bond donors (Lipinski definition) is 1. The molecular weight excluding hydrogens is 330 g/mol. The summed E-state index contributed by atoms with van der Waals surface area (Å²) in [7, 11) is 0. The summed E-state index contributed by atoms with van der Waals surface area (Å²) in [6.45, 7) is 2.53. The van der Waals surface area contributed by atoms with Crippen molar-refractivity contribution in [2.75, 3.05) is 18.4 Å². The number of rotatable bonds is 6. The molecule has 1 amide bonds. The maximum absolute atomic E-state index is 12.8. The zero-order valence-corrected chi connectivity index (χ0v) is 14.4. The van der Waals surface area contributed by atoms with Gasteiger partial charge in [0.1, 0.15) is 12.7 Å². The van der Waals surface area contributed by atoms with E-state index in [9.17, 15) is 4.79 Å². The number of carbonyl (C=O) groups is 1. The van der Waals surface area contributed by atoms with Crippen LogP contribution in [0.3, 0.4) is 0 Å². The van der Waals surface area contributed by atoms with Crippen LogP contribution < -0.4 is 5.32 Å². The Morgan fingerprint density at radius 3 is 2.88 bits per heavy atom. The number of nitrogens with zero attached hydrogens (tertiary/aromatic N) is 6. The second kappa shape index (κ2) is 7.49. The van der Waals surface area contributed by atoms with Crippen LogP contribution in [0.4, 0.5) is 5.69 Å². The molecular formula is C18H21N7O. The van der Waals surface area contributed by atoms with Crippen molar-refractivity contribution in [3.63, 3.8) is 0 Å². The second-order valence-electron chi connectivity index (χ2n) is 6.38. The van der Waals surface area contributed by atoms with E-state index < -0.39 is 0 Å². The summed E-state index contributed by atoms with van der Waals surface area (Å²) < 4.78 is 3.71. The van der Waals surface area contributed by atoms with E-state index in [0.29, 0.717) is 0 Å². The van der Waals surface area contributed by atoms with Gasteiger partial charge in [0.05, 0.1) is 11.7 Å². The van der Waals surface area contributed by atoms with Crippen molar-refractivity contribution in [2.24, 2.45) is 0 Å². The molecule has 4 rings (SSSR count). The average Bonchev–Trinajstić information content (AvgIpc) is 3.42. The van der Waals surface area contributed by atoms with Crippen LogP contribution in [0.1, 0.15) is 12.8 Å². The van der Waals surface area contributed by atoms with Crippen LogP contribution in [0.15, 0.2) is 55.4 Å². The first kappa shape index (κ1) is 16.5. The summed E-state index contributed by atoms with van der Waals surface area (Å²) in [6, 6.07) is 9.49. The molecule has 1 atom stereocenters. The molecule has 1 aromatic carbocycles. The minimum Gasteiger partial charge on any atom is -0.325 e. The van der Waals surface area contributed by atoms with E-state index in [1.54, 1.807) is 23.5 Å². The van der Waals surface area contributed by atoms with Crippen molar-refractivity contribution in [2.45, 2.75) is 25.4 Å². The molecule has 0 unspecified atom stereocenters. The molecule has 0 radical (unpaired) electrons. The highest BCUT2D eigenvalue weighted by Gasteiger charge is 2.30. The fourth-order valence-electron chi connectivity index (χ4n) is 3.35. The third-order valence-corrected chi connectivity index (χ3v) is 4.66. The lowest BCUT2D eigenvalue weighted by Gasteiger charge is -2.23. The lowest BCUT2D eigenvalue weighted by atomic mass is 10.2. The van der Waals surface area contributed by atoms with Gasteiger partial charge < -0.3 is 9.88 Å². The van der Waals surface area contributed by atoms with Crippen LogP contribution in [0, 0.1) is 0 Å². The Balaban J connectivity index is 1.40. The normalized spacial score (nSPS) is 17.5. The predicted molar refractivity (Wildman–Crippen MR) is 96.8 cm³/mol. The topological polar surface area (TPSA) is 80.9 Å². The molecule has 8 nitrogen and oxygen atoms in total. The predicted octanol–water partition coefficient (Wildman–Crippen LogP) is 1.57. The van der Waals surface area contributed by atoms with Crippen molar-refractivity contribution in [3.05, 3.63) is 55.4 Å². The number of aromatic nitrogens is 5. The highest BCUT2D eigenvalue weighted by atomic mass is 16.2. The van der Waals surface area contributed by atoms with Crippen LogP contribution >= 0.6 is 0 Å². The van der Waals surface area contributed by atoms with Gasteiger partial charge in [0.15, 0.2) is 0 Å². The molecule has 1 saturated heterocycles. The molecule has 0 saturated carbocycles. The zero-order chi connectivity index (χ0) is 17.8. The van der Waals surface area contributed by atoms with Gasteiger partial charge in [0.2, 0.25) is 5.91 Å². The molecule has 0 bridgehead atoms. The van der Waals surface area contributed by atoms with E-state index in [0.717, 1.165) is 43.9 Å². The van der Waals surface area contributed by atoms with Crippen molar-refractivity contribution in [1.29, 1.82) is 0 Å². The fourth-order valence-corrected chi connectivity index (χ4v) is 3.35. The molecule has 0 spiro atoms. The molecule has 26 heavy (non-hydrogen) atoms. The van der Waals surface area contributed by atoms with Gasteiger partial charge in [0, 0.05) is 31.2 Å². The van der Waals surface area contributed by atoms with Gasteiger partial charge in [-0.15, -0.1) is 10.2 Å². The van der Waals surface area contributed by atoms with Gasteiger partial charge in [-0.2, -0.15) is 5.10 Å². The Kier molecular flexibility index (Phi) is 4.74. The molecule has 1 fully saturated rings. The number of anilines is 1. The molecule has 3 heterocycles. The molecule has 1 aliphatic heterocycles. The van der Waals surface area contributed by atoms with E-state index in [4.69, 9.17) is 0 Å². The first-order chi connectivity index (χ1) is 12.8. The highest BCUT2D eigenvalue weighted by molar-refractivity contribution is 5.95. The van der Waals surface area contributed by atoms with Gasteiger partial charge in [-0.05, 0) is 43.7 Å². The summed E-state index contributed by atoms with van der Waals surface area (Å²) in [5.41, 5.74) is 1.71. The SMILES string of the molecule is O=C(Nc1cccc(-n2cccn2)c1)[C@@H]1CCCN1CCn1cnnc1. The minimum atomic E-state index is -0.0974.